The second-order valence-electron chi connectivity index (χ2n) is 4.09. The Morgan fingerprint density at radius 1 is 1.56 bits per heavy atom. The van der Waals surface area contributed by atoms with E-state index in [-0.39, 0.29) is 18.5 Å². The molecule has 102 valence electrons. The molecule has 2 heterocycles. The highest BCUT2D eigenvalue weighted by Gasteiger charge is 2.34. The molecule has 5 N–H and O–H groups in total. The lowest BCUT2D eigenvalue weighted by molar-refractivity contribution is -0.0459. The van der Waals surface area contributed by atoms with Gasteiger partial charge in [0, 0.05) is 18.2 Å². The lowest BCUT2D eigenvalue weighted by Gasteiger charge is -2.14. The molecule has 0 unspecified atom stereocenters. The van der Waals surface area contributed by atoms with Crippen molar-refractivity contribution < 1.29 is 20.4 Å². The highest BCUT2D eigenvalue weighted by molar-refractivity contribution is 5.02. The van der Waals surface area contributed by atoms with Gasteiger partial charge < -0.3 is 20.4 Å². The number of hydrogen-bond donors (Lipinski definition) is 3. The third-order valence-electron chi connectivity index (χ3n) is 2.84. The Hall–Kier alpha value is -1.48. The zero-order valence-electron chi connectivity index (χ0n) is 9.79. The molecule has 0 aromatic carbocycles. The number of aliphatic hydroxyl groups excluding tert-OH is 2. The largest absolute Gasteiger partial charge is 0.412 e. The highest BCUT2D eigenvalue weighted by Crippen LogP contribution is 2.27. The number of nitrogens with zero attached hydrogens (tertiary/aromatic N) is 1. The number of H-pyrrole nitrogens is 1. The molecule has 2 rings (SSSR count). The van der Waals surface area contributed by atoms with E-state index >= 15 is 0 Å². The van der Waals surface area contributed by atoms with Crippen LogP contribution in [0.15, 0.2) is 15.8 Å². The van der Waals surface area contributed by atoms with Gasteiger partial charge in [0.05, 0.1) is 12.7 Å². The van der Waals surface area contributed by atoms with Crippen LogP contribution in [0.1, 0.15) is 18.2 Å². The number of rotatable bonds is 2. The Morgan fingerprint density at radius 3 is 2.78 bits per heavy atom. The molecule has 0 saturated carbocycles. The first-order valence-electron chi connectivity index (χ1n) is 5.29. The Labute approximate surface area is 102 Å². The summed E-state index contributed by atoms with van der Waals surface area (Å²) in [6.45, 7) is 1.26. The van der Waals surface area contributed by atoms with Crippen molar-refractivity contribution in [3.63, 3.8) is 0 Å². The van der Waals surface area contributed by atoms with Crippen molar-refractivity contribution in [3.05, 3.63) is 32.6 Å². The Kier molecular flexibility index (Phi) is 4.41. The van der Waals surface area contributed by atoms with E-state index in [1.165, 1.54) is 10.8 Å². The summed E-state index contributed by atoms with van der Waals surface area (Å²) in [5.74, 6) is 0. The lowest BCUT2D eigenvalue weighted by Crippen LogP contribution is -2.33. The van der Waals surface area contributed by atoms with Gasteiger partial charge in [-0.2, -0.15) is 0 Å². The molecule has 18 heavy (non-hydrogen) atoms. The summed E-state index contributed by atoms with van der Waals surface area (Å²) < 4.78 is 6.54. The van der Waals surface area contributed by atoms with Gasteiger partial charge in [-0.15, -0.1) is 0 Å². The van der Waals surface area contributed by atoms with Crippen LogP contribution >= 0.6 is 0 Å². The van der Waals surface area contributed by atoms with Crippen LogP contribution in [0.5, 0.6) is 0 Å². The molecule has 8 nitrogen and oxygen atoms in total. The van der Waals surface area contributed by atoms with Crippen LogP contribution < -0.4 is 11.2 Å². The van der Waals surface area contributed by atoms with Gasteiger partial charge in [0.15, 0.2) is 0 Å². The number of ether oxygens (including phenoxy) is 1. The lowest BCUT2D eigenvalue weighted by atomic mass is 10.2. The van der Waals surface area contributed by atoms with E-state index in [2.05, 4.69) is 4.98 Å². The van der Waals surface area contributed by atoms with E-state index < -0.39 is 29.7 Å². The van der Waals surface area contributed by atoms with Crippen molar-refractivity contribution in [1.82, 2.24) is 9.55 Å². The SMILES string of the molecule is Cc1cn([C@H]2C[C@H](O)[C@@H](CO)O2)c(=O)[nH]c1=O.O. The van der Waals surface area contributed by atoms with E-state index in [0.29, 0.717) is 5.56 Å². The van der Waals surface area contributed by atoms with Crippen molar-refractivity contribution in [1.29, 1.82) is 0 Å². The molecule has 8 heteroatoms. The number of hydrogen-bond acceptors (Lipinski definition) is 5. The quantitative estimate of drug-likeness (QED) is 0.547. The predicted octanol–water partition coefficient (Wildman–Crippen LogP) is -2.34. The van der Waals surface area contributed by atoms with Gasteiger partial charge in [-0.25, -0.2) is 4.79 Å². The van der Waals surface area contributed by atoms with E-state index in [1.54, 1.807) is 6.92 Å². The van der Waals surface area contributed by atoms with Crippen LogP contribution in [0, 0.1) is 6.92 Å². The van der Waals surface area contributed by atoms with Crippen LogP contribution in [0.2, 0.25) is 0 Å². The number of aromatic amines is 1. The van der Waals surface area contributed by atoms with E-state index in [9.17, 15) is 14.7 Å². The van der Waals surface area contributed by atoms with Crippen molar-refractivity contribution in [3.8, 4) is 0 Å². The van der Waals surface area contributed by atoms with Crippen LogP contribution in [0.3, 0.4) is 0 Å². The summed E-state index contributed by atoms with van der Waals surface area (Å²) in [5.41, 5.74) is -0.643. The maximum absolute atomic E-state index is 11.6. The van der Waals surface area contributed by atoms with Gasteiger partial charge in [-0.1, -0.05) is 0 Å². The third kappa shape index (κ3) is 2.51. The van der Waals surface area contributed by atoms with Crippen LogP contribution in [-0.2, 0) is 4.74 Å². The molecule has 3 atom stereocenters. The smallest absolute Gasteiger partial charge is 0.330 e. The third-order valence-corrected chi connectivity index (χ3v) is 2.84. The molecule has 0 aliphatic carbocycles. The Balaban J connectivity index is 0.00000162. The Morgan fingerprint density at radius 2 is 2.22 bits per heavy atom. The molecule has 0 spiro atoms. The maximum atomic E-state index is 11.6. The fraction of sp³-hybridized carbons (Fsp3) is 0.600. The monoisotopic (exact) mass is 260 g/mol. The molecular formula is C10H16N2O6. The van der Waals surface area contributed by atoms with Gasteiger partial charge in [-0.05, 0) is 6.92 Å². The summed E-state index contributed by atoms with van der Waals surface area (Å²) in [6, 6.07) is 0. The van der Waals surface area contributed by atoms with E-state index in [4.69, 9.17) is 9.84 Å². The summed E-state index contributed by atoms with van der Waals surface area (Å²) in [5, 5.41) is 18.5. The molecule has 0 radical (unpaired) electrons. The number of nitrogens with one attached hydrogen (secondary N) is 1. The first-order valence-corrected chi connectivity index (χ1v) is 5.29. The Bertz CT molecular complexity index is 522. The van der Waals surface area contributed by atoms with Crippen molar-refractivity contribution in [2.24, 2.45) is 0 Å². The second kappa shape index (κ2) is 5.44. The highest BCUT2D eigenvalue weighted by atomic mass is 16.5. The first-order chi connectivity index (χ1) is 8.02. The topological polar surface area (TPSA) is 136 Å². The minimum Gasteiger partial charge on any atom is -0.412 e. The van der Waals surface area contributed by atoms with Crippen LogP contribution in [0.4, 0.5) is 0 Å². The molecular weight excluding hydrogens is 244 g/mol. The summed E-state index contributed by atoms with van der Waals surface area (Å²) >= 11 is 0. The number of aryl methyl sites for hydroxylation is 1. The molecule has 1 aromatic rings. The summed E-state index contributed by atoms with van der Waals surface area (Å²) in [7, 11) is 0. The minimum atomic E-state index is -0.816. The molecule has 1 aliphatic heterocycles. The molecule has 1 aromatic heterocycles. The molecule has 0 bridgehead atoms. The average molecular weight is 260 g/mol. The van der Waals surface area contributed by atoms with Crippen molar-refractivity contribution >= 4 is 0 Å². The summed E-state index contributed by atoms with van der Waals surface area (Å²) in [6.07, 6.45) is -0.581. The normalized spacial score (nSPS) is 26.9. The van der Waals surface area contributed by atoms with Gasteiger partial charge in [0.25, 0.3) is 5.56 Å². The fourth-order valence-electron chi connectivity index (χ4n) is 1.85. The van der Waals surface area contributed by atoms with Crippen molar-refractivity contribution in [2.75, 3.05) is 6.61 Å². The van der Waals surface area contributed by atoms with Gasteiger partial charge in [0.2, 0.25) is 0 Å². The molecule has 1 aliphatic rings. The molecule has 1 fully saturated rings. The van der Waals surface area contributed by atoms with E-state index in [0.717, 1.165) is 0 Å². The standard InChI is InChI=1S/C10H14N2O5.H2O/c1-5-3-12(10(16)11-9(5)15)8-2-6(14)7(4-13)17-8;/h3,6-8,13-14H,2,4H2,1H3,(H,11,15,16);1H2/t6-,7+,8+;/m0./s1. The predicted molar refractivity (Wildman–Crippen MR) is 61.3 cm³/mol. The maximum Gasteiger partial charge on any atom is 0.330 e. The fourth-order valence-corrected chi connectivity index (χ4v) is 1.85. The summed E-state index contributed by atoms with van der Waals surface area (Å²) in [4.78, 5) is 24.9. The first kappa shape index (κ1) is 14.6. The van der Waals surface area contributed by atoms with Gasteiger partial charge in [0.1, 0.15) is 12.3 Å². The molecule has 0 amide bonds. The minimum absolute atomic E-state index is 0. The number of aliphatic hydroxyl groups is 2. The van der Waals surface area contributed by atoms with E-state index in [1.807, 2.05) is 0 Å². The van der Waals surface area contributed by atoms with Gasteiger partial charge >= 0.3 is 5.69 Å². The number of aromatic nitrogens is 2. The van der Waals surface area contributed by atoms with Crippen molar-refractivity contribution in [2.45, 2.75) is 31.8 Å². The second-order valence-corrected chi connectivity index (χ2v) is 4.09. The van der Waals surface area contributed by atoms with Gasteiger partial charge in [-0.3, -0.25) is 14.3 Å². The van der Waals surface area contributed by atoms with Crippen LogP contribution in [0.25, 0.3) is 0 Å². The average Bonchev–Trinajstić information content (AvgIpc) is 2.65. The zero-order chi connectivity index (χ0) is 12.6. The molecule has 1 saturated heterocycles. The zero-order valence-corrected chi connectivity index (χ0v) is 9.79. The van der Waals surface area contributed by atoms with Crippen LogP contribution in [-0.4, -0.2) is 44.1 Å².